The lowest BCUT2D eigenvalue weighted by atomic mass is 9.80. The molecule has 3 aromatic rings. The second-order valence-electron chi connectivity index (χ2n) is 9.30. The molecule has 0 atom stereocenters. The monoisotopic (exact) mass is 422 g/mol. The molecule has 5 nitrogen and oxygen atoms in total. The predicted octanol–water partition coefficient (Wildman–Crippen LogP) is 5.76. The summed E-state index contributed by atoms with van der Waals surface area (Å²) in [5, 5.41) is 4.71. The number of para-hydroxylation sites is 1. The van der Waals surface area contributed by atoms with Crippen LogP contribution in [0.4, 0.5) is 5.82 Å². The van der Waals surface area contributed by atoms with Crippen LogP contribution in [0.3, 0.4) is 0 Å². The minimum absolute atomic E-state index is 0. The van der Waals surface area contributed by atoms with Crippen molar-refractivity contribution in [1.82, 2.24) is 15.3 Å². The molecule has 2 heterocycles. The van der Waals surface area contributed by atoms with Gasteiger partial charge in [-0.2, -0.15) is 0 Å². The molecule has 0 spiro atoms. The maximum absolute atomic E-state index is 5.64. The molecule has 4 rings (SSSR count). The molecule has 0 radical (unpaired) electrons. The Morgan fingerprint density at radius 3 is 2.55 bits per heavy atom. The van der Waals surface area contributed by atoms with Crippen LogP contribution in [0, 0.1) is 18.8 Å². The van der Waals surface area contributed by atoms with E-state index in [1.54, 1.807) is 0 Å². The van der Waals surface area contributed by atoms with Crippen LogP contribution in [0.25, 0.3) is 10.9 Å². The van der Waals surface area contributed by atoms with Gasteiger partial charge in [0.15, 0.2) is 0 Å². The summed E-state index contributed by atoms with van der Waals surface area (Å²) < 4.78 is 5.64. The lowest BCUT2D eigenvalue weighted by Gasteiger charge is -2.28. The van der Waals surface area contributed by atoms with Crippen LogP contribution in [0.5, 0.6) is 0 Å². The van der Waals surface area contributed by atoms with Crippen LogP contribution in [0.2, 0.25) is 0 Å². The van der Waals surface area contributed by atoms with E-state index in [1.807, 2.05) is 13.0 Å². The van der Waals surface area contributed by atoms with Crippen LogP contribution in [0.15, 0.2) is 40.8 Å². The number of nitrogens with zero attached hydrogens (tertiary/aromatic N) is 3. The standard InChI is InChI=1S/C26H36N4O.H2/c1-19-11-16-22(31-19)18-27-17-21-14-12-20(13-15-21)7-6-10-25-28-24-9-5-4-8-23(24)26(29-25)30(2)3;/h4-5,8-9,11,16,20-21,27H,6-7,10,12-15,17-18H2,1-3H3;1H. The van der Waals surface area contributed by atoms with E-state index in [4.69, 9.17) is 14.4 Å². The van der Waals surface area contributed by atoms with Gasteiger partial charge < -0.3 is 14.6 Å². The van der Waals surface area contributed by atoms with Gasteiger partial charge in [0.2, 0.25) is 0 Å². The smallest absolute Gasteiger partial charge is 0.139 e. The predicted molar refractivity (Wildman–Crippen MR) is 130 cm³/mol. The topological polar surface area (TPSA) is 54.2 Å². The molecule has 0 saturated heterocycles. The van der Waals surface area contributed by atoms with Gasteiger partial charge >= 0.3 is 0 Å². The fraction of sp³-hybridized carbons (Fsp3) is 0.538. The zero-order chi connectivity index (χ0) is 21.6. The van der Waals surface area contributed by atoms with Crippen molar-refractivity contribution in [1.29, 1.82) is 0 Å². The molecular formula is C26H38N4O. The lowest BCUT2D eigenvalue weighted by Crippen LogP contribution is -2.26. The summed E-state index contributed by atoms with van der Waals surface area (Å²) in [6, 6.07) is 12.4. The second-order valence-corrected chi connectivity index (χ2v) is 9.30. The van der Waals surface area contributed by atoms with Crippen molar-refractivity contribution in [2.75, 3.05) is 25.5 Å². The lowest BCUT2D eigenvalue weighted by molar-refractivity contribution is 0.252. The number of benzene rings is 1. The maximum atomic E-state index is 5.64. The van der Waals surface area contributed by atoms with E-state index in [9.17, 15) is 0 Å². The molecule has 5 heteroatoms. The first-order valence-electron chi connectivity index (χ1n) is 11.8. The summed E-state index contributed by atoms with van der Waals surface area (Å²) >= 11 is 0. The van der Waals surface area contributed by atoms with E-state index < -0.39 is 0 Å². The molecule has 1 saturated carbocycles. The Hall–Kier alpha value is -2.40. The second kappa shape index (κ2) is 10.3. The number of fused-ring (bicyclic) bond motifs is 1. The number of hydrogen-bond donors (Lipinski definition) is 1. The number of hydrogen-bond acceptors (Lipinski definition) is 5. The van der Waals surface area contributed by atoms with Crippen molar-refractivity contribution < 1.29 is 5.84 Å². The van der Waals surface area contributed by atoms with E-state index in [0.29, 0.717) is 0 Å². The summed E-state index contributed by atoms with van der Waals surface area (Å²) in [4.78, 5) is 11.8. The highest BCUT2D eigenvalue weighted by atomic mass is 16.3. The Kier molecular flexibility index (Phi) is 7.23. The first-order valence-corrected chi connectivity index (χ1v) is 11.8. The molecule has 1 aliphatic carbocycles. The van der Waals surface area contributed by atoms with Crippen LogP contribution in [0.1, 0.15) is 57.3 Å². The number of rotatable bonds is 9. The largest absolute Gasteiger partial charge is 0.465 e. The molecule has 0 amide bonds. The Bertz CT molecular complexity index is 979. The van der Waals surface area contributed by atoms with Crippen molar-refractivity contribution in [3.63, 3.8) is 0 Å². The van der Waals surface area contributed by atoms with Gasteiger partial charge in [0, 0.05) is 27.3 Å². The molecule has 2 aromatic heterocycles. The fourth-order valence-electron chi connectivity index (χ4n) is 4.81. The number of anilines is 1. The fourth-order valence-corrected chi connectivity index (χ4v) is 4.81. The molecule has 0 unspecified atom stereocenters. The number of aryl methyl sites for hydroxylation is 2. The molecule has 1 N–H and O–H groups in total. The molecule has 168 valence electrons. The Balaban J connectivity index is 0.00000289. The highest BCUT2D eigenvalue weighted by molar-refractivity contribution is 5.89. The minimum Gasteiger partial charge on any atom is -0.465 e. The van der Waals surface area contributed by atoms with Gasteiger partial charge in [-0.05, 0) is 68.8 Å². The summed E-state index contributed by atoms with van der Waals surface area (Å²) in [7, 11) is 4.11. The minimum atomic E-state index is 0. The highest BCUT2D eigenvalue weighted by Gasteiger charge is 2.21. The zero-order valence-corrected chi connectivity index (χ0v) is 19.2. The molecule has 31 heavy (non-hydrogen) atoms. The molecule has 0 bridgehead atoms. The van der Waals surface area contributed by atoms with Crippen molar-refractivity contribution >= 4 is 16.7 Å². The molecular weight excluding hydrogens is 384 g/mol. The third-order valence-electron chi connectivity index (χ3n) is 6.56. The third-order valence-corrected chi connectivity index (χ3v) is 6.56. The van der Waals surface area contributed by atoms with Gasteiger partial charge in [-0.1, -0.05) is 31.4 Å². The Morgan fingerprint density at radius 1 is 1.03 bits per heavy atom. The number of nitrogens with one attached hydrogen (secondary N) is 1. The van der Waals surface area contributed by atoms with Crippen LogP contribution in [-0.2, 0) is 13.0 Å². The molecule has 1 aromatic carbocycles. The van der Waals surface area contributed by atoms with Crippen LogP contribution in [-0.4, -0.2) is 30.6 Å². The third kappa shape index (κ3) is 5.85. The van der Waals surface area contributed by atoms with Crippen molar-refractivity contribution in [3.05, 3.63) is 53.7 Å². The van der Waals surface area contributed by atoms with E-state index >= 15 is 0 Å². The maximum Gasteiger partial charge on any atom is 0.139 e. The summed E-state index contributed by atoms with van der Waals surface area (Å²) in [5.74, 6) is 5.70. The van der Waals surface area contributed by atoms with Gasteiger partial charge in [0.25, 0.3) is 0 Å². The Morgan fingerprint density at radius 2 is 1.81 bits per heavy atom. The van der Waals surface area contributed by atoms with Gasteiger partial charge in [-0.3, -0.25) is 0 Å². The van der Waals surface area contributed by atoms with Crippen molar-refractivity contribution in [2.24, 2.45) is 11.8 Å². The van der Waals surface area contributed by atoms with Gasteiger partial charge in [-0.15, -0.1) is 0 Å². The molecule has 0 aliphatic heterocycles. The van der Waals surface area contributed by atoms with Crippen LogP contribution < -0.4 is 10.2 Å². The zero-order valence-electron chi connectivity index (χ0n) is 19.2. The van der Waals surface area contributed by atoms with Gasteiger partial charge in [-0.25, -0.2) is 9.97 Å². The quantitative estimate of drug-likeness (QED) is 0.475. The average molecular weight is 423 g/mol. The average Bonchev–Trinajstić information content (AvgIpc) is 3.19. The van der Waals surface area contributed by atoms with Gasteiger partial charge in [0.1, 0.15) is 23.2 Å². The van der Waals surface area contributed by atoms with E-state index in [0.717, 1.165) is 65.4 Å². The van der Waals surface area contributed by atoms with E-state index in [1.165, 1.54) is 38.5 Å². The SMILES string of the molecule is Cc1ccc(CNCC2CCC(CCCc3nc(N(C)C)c4ccccc4n3)CC2)o1.[HH]. The molecule has 1 fully saturated rings. The normalized spacial score (nSPS) is 19.1. The molecule has 1 aliphatic rings. The van der Waals surface area contributed by atoms with Crippen molar-refractivity contribution in [2.45, 2.75) is 58.4 Å². The van der Waals surface area contributed by atoms with Gasteiger partial charge in [0.05, 0.1) is 12.1 Å². The summed E-state index contributed by atoms with van der Waals surface area (Å²) in [6.45, 7) is 3.94. The van der Waals surface area contributed by atoms with E-state index in [2.05, 4.69) is 54.6 Å². The summed E-state index contributed by atoms with van der Waals surface area (Å²) in [6.07, 6.45) is 8.82. The number of aromatic nitrogens is 2. The van der Waals surface area contributed by atoms with Crippen molar-refractivity contribution in [3.8, 4) is 0 Å². The first-order chi connectivity index (χ1) is 15.1. The Labute approximate surface area is 187 Å². The first kappa shape index (κ1) is 21.8. The van der Waals surface area contributed by atoms with E-state index in [-0.39, 0.29) is 1.43 Å². The van der Waals surface area contributed by atoms with Crippen LogP contribution >= 0.6 is 0 Å². The number of furan rings is 1. The highest BCUT2D eigenvalue weighted by Crippen LogP contribution is 2.32. The summed E-state index contributed by atoms with van der Waals surface area (Å²) in [5.41, 5.74) is 1.05.